The second-order valence-electron chi connectivity index (χ2n) is 4.24. The van der Waals surface area contributed by atoms with Gasteiger partial charge in [0.05, 0.1) is 4.92 Å². The highest BCUT2D eigenvalue weighted by Gasteiger charge is 2.17. The molecular formula is C14H10ClFN2O3. The van der Waals surface area contributed by atoms with Gasteiger partial charge in [0.25, 0.3) is 5.91 Å². The van der Waals surface area contributed by atoms with E-state index >= 15 is 0 Å². The summed E-state index contributed by atoms with van der Waals surface area (Å²) in [5.74, 6) is -1.51. The van der Waals surface area contributed by atoms with Crippen LogP contribution in [0.1, 0.15) is 15.9 Å². The van der Waals surface area contributed by atoms with Crippen LogP contribution in [0.4, 0.5) is 10.1 Å². The van der Waals surface area contributed by atoms with Gasteiger partial charge in [0.1, 0.15) is 0 Å². The van der Waals surface area contributed by atoms with Crippen molar-refractivity contribution in [1.29, 1.82) is 0 Å². The van der Waals surface area contributed by atoms with Crippen molar-refractivity contribution in [3.63, 3.8) is 0 Å². The lowest BCUT2D eigenvalue weighted by atomic mass is 10.1. The summed E-state index contributed by atoms with van der Waals surface area (Å²) in [6, 6.07) is 9.90. The average Bonchev–Trinajstić information content (AvgIpc) is 2.45. The molecule has 2 rings (SSSR count). The van der Waals surface area contributed by atoms with Gasteiger partial charge in [0, 0.05) is 23.2 Å². The molecule has 0 radical (unpaired) electrons. The van der Waals surface area contributed by atoms with Gasteiger partial charge in [-0.05, 0) is 29.8 Å². The van der Waals surface area contributed by atoms with E-state index in [1.54, 1.807) is 24.3 Å². The third-order valence-electron chi connectivity index (χ3n) is 2.75. The highest BCUT2D eigenvalue weighted by atomic mass is 35.5. The van der Waals surface area contributed by atoms with Crippen LogP contribution >= 0.6 is 11.6 Å². The maximum Gasteiger partial charge on any atom is 0.305 e. The van der Waals surface area contributed by atoms with E-state index in [0.29, 0.717) is 5.02 Å². The first-order chi connectivity index (χ1) is 9.97. The van der Waals surface area contributed by atoms with Crippen molar-refractivity contribution in [2.45, 2.75) is 6.54 Å². The smallest absolute Gasteiger partial charge is 0.305 e. The predicted molar refractivity (Wildman–Crippen MR) is 75.7 cm³/mol. The summed E-state index contributed by atoms with van der Waals surface area (Å²) in [5, 5.41) is 13.8. The van der Waals surface area contributed by atoms with E-state index in [0.717, 1.165) is 17.7 Å². The van der Waals surface area contributed by atoms with E-state index in [1.165, 1.54) is 6.07 Å². The van der Waals surface area contributed by atoms with Crippen LogP contribution in [-0.2, 0) is 6.54 Å². The summed E-state index contributed by atoms with van der Waals surface area (Å²) in [4.78, 5) is 21.7. The van der Waals surface area contributed by atoms with E-state index in [9.17, 15) is 19.3 Å². The Morgan fingerprint density at radius 2 is 2.05 bits per heavy atom. The summed E-state index contributed by atoms with van der Waals surface area (Å²) in [5.41, 5.74) is 0.0722. The number of halogens is 2. The van der Waals surface area contributed by atoms with Gasteiger partial charge < -0.3 is 5.32 Å². The minimum absolute atomic E-state index is 0.0186. The molecule has 0 aliphatic rings. The maximum absolute atomic E-state index is 13.2. The van der Waals surface area contributed by atoms with E-state index in [1.807, 2.05) is 0 Å². The molecule has 0 atom stereocenters. The van der Waals surface area contributed by atoms with Crippen molar-refractivity contribution in [1.82, 2.24) is 5.32 Å². The standard InChI is InChI=1S/C14H10ClFN2O3/c15-11-3-1-2-9(6-11)8-17-14(19)10-4-5-12(16)13(7-10)18(20)21/h1-7H,8H2,(H,17,19). The Hall–Kier alpha value is -2.47. The number of amides is 1. The third kappa shape index (κ3) is 3.76. The molecular weight excluding hydrogens is 299 g/mol. The van der Waals surface area contributed by atoms with Crippen molar-refractivity contribution in [2.24, 2.45) is 0 Å². The summed E-state index contributed by atoms with van der Waals surface area (Å²) in [6.07, 6.45) is 0. The van der Waals surface area contributed by atoms with E-state index < -0.39 is 22.3 Å². The van der Waals surface area contributed by atoms with Crippen LogP contribution in [0.3, 0.4) is 0 Å². The Morgan fingerprint density at radius 1 is 1.29 bits per heavy atom. The van der Waals surface area contributed by atoms with Gasteiger partial charge in [-0.3, -0.25) is 14.9 Å². The number of nitro groups is 1. The van der Waals surface area contributed by atoms with Crippen LogP contribution in [0.5, 0.6) is 0 Å². The van der Waals surface area contributed by atoms with Crippen LogP contribution in [-0.4, -0.2) is 10.8 Å². The fourth-order valence-electron chi connectivity index (χ4n) is 1.73. The highest BCUT2D eigenvalue weighted by molar-refractivity contribution is 6.30. The van der Waals surface area contributed by atoms with Crippen molar-refractivity contribution >= 4 is 23.2 Å². The zero-order chi connectivity index (χ0) is 15.4. The molecule has 7 heteroatoms. The molecule has 2 aromatic rings. The minimum atomic E-state index is -0.980. The summed E-state index contributed by atoms with van der Waals surface area (Å²) in [7, 11) is 0. The van der Waals surface area contributed by atoms with E-state index in [-0.39, 0.29) is 12.1 Å². The molecule has 0 aliphatic carbocycles. The molecule has 1 N–H and O–H groups in total. The van der Waals surface area contributed by atoms with Gasteiger partial charge in [-0.1, -0.05) is 23.7 Å². The molecule has 0 fully saturated rings. The molecule has 108 valence electrons. The number of hydrogen-bond donors (Lipinski definition) is 1. The number of rotatable bonds is 4. The number of nitro benzene ring substituents is 1. The number of carbonyl (C=O) groups is 1. The Balaban J connectivity index is 2.10. The molecule has 5 nitrogen and oxygen atoms in total. The van der Waals surface area contributed by atoms with Gasteiger partial charge in [0.2, 0.25) is 5.82 Å². The minimum Gasteiger partial charge on any atom is -0.348 e. The van der Waals surface area contributed by atoms with Crippen LogP contribution in [0.2, 0.25) is 5.02 Å². The molecule has 0 saturated carbocycles. The lowest BCUT2D eigenvalue weighted by Crippen LogP contribution is -2.22. The molecule has 0 spiro atoms. The zero-order valence-corrected chi connectivity index (χ0v) is 11.4. The summed E-state index contributed by atoms with van der Waals surface area (Å²) in [6.45, 7) is 0.213. The highest BCUT2D eigenvalue weighted by Crippen LogP contribution is 2.18. The van der Waals surface area contributed by atoms with Gasteiger partial charge in [-0.25, -0.2) is 0 Å². The van der Waals surface area contributed by atoms with Gasteiger partial charge in [0.15, 0.2) is 0 Å². The van der Waals surface area contributed by atoms with Crippen molar-refractivity contribution in [2.75, 3.05) is 0 Å². The van der Waals surface area contributed by atoms with Crippen molar-refractivity contribution in [3.05, 3.63) is 74.5 Å². The van der Waals surface area contributed by atoms with Gasteiger partial charge in [-0.2, -0.15) is 4.39 Å². The molecule has 0 unspecified atom stereocenters. The quantitative estimate of drug-likeness (QED) is 0.695. The summed E-state index contributed by atoms with van der Waals surface area (Å²) >= 11 is 5.82. The molecule has 0 saturated heterocycles. The Labute approximate surface area is 124 Å². The molecule has 0 bridgehead atoms. The third-order valence-corrected chi connectivity index (χ3v) is 2.98. The predicted octanol–water partition coefficient (Wildman–Crippen LogP) is 3.32. The van der Waals surface area contributed by atoms with Crippen LogP contribution < -0.4 is 5.32 Å². The van der Waals surface area contributed by atoms with Gasteiger partial charge in [-0.15, -0.1) is 0 Å². The fraction of sp³-hybridized carbons (Fsp3) is 0.0714. The number of carbonyl (C=O) groups excluding carboxylic acids is 1. The second-order valence-corrected chi connectivity index (χ2v) is 4.67. The van der Waals surface area contributed by atoms with E-state index in [4.69, 9.17) is 11.6 Å². The average molecular weight is 309 g/mol. The molecule has 21 heavy (non-hydrogen) atoms. The summed E-state index contributed by atoms with van der Waals surface area (Å²) < 4.78 is 13.2. The van der Waals surface area contributed by atoms with E-state index in [2.05, 4.69) is 5.32 Å². The Bertz CT molecular complexity index is 706. The van der Waals surface area contributed by atoms with Crippen molar-refractivity contribution < 1.29 is 14.1 Å². The monoisotopic (exact) mass is 308 g/mol. The number of benzene rings is 2. The number of nitrogens with one attached hydrogen (secondary N) is 1. The normalized spacial score (nSPS) is 10.2. The van der Waals surface area contributed by atoms with Crippen molar-refractivity contribution in [3.8, 4) is 0 Å². The molecule has 1 amide bonds. The maximum atomic E-state index is 13.2. The second kappa shape index (κ2) is 6.32. The fourth-order valence-corrected chi connectivity index (χ4v) is 1.94. The molecule has 2 aromatic carbocycles. The first-order valence-corrected chi connectivity index (χ1v) is 6.32. The number of nitrogens with zero attached hydrogens (tertiary/aromatic N) is 1. The first-order valence-electron chi connectivity index (χ1n) is 5.94. The van der Waals surface area contributed by atoms with Crippen LogP contribution in [0.25, 0.3) is 0 Å². The Morgan fingerprint density at radius 3 is 2.71 bits per heavy atom. The zero-order valence-electron chi connectivity index (χ0n) is 10.7. The van der Waals surface area contributed by atoms with Crippen LogP contribution in [0.15, 0.2) is 42.5 Å². The first kappa shape index (κ1) is 14.9. The lowest BCUT2D eigenvalue weighted by molar-refractivity contribution is -0.387. The lowest BCUT2D eigenvalue weighted by Gasteiger charge is -2.06. The topological polar surface area (TPSA) is 72.2 Å². The molecule has 0 aliphatic heterocycles. The SMILES string of the molecule is O=C(NCc1cccc(Cl)c1)c1ccc(F)c([N+](=O)[O-])c1. The Kier molecular flexibility index (Phi) is 4.49. The number of hydrogen-bond acceptors (Lipinski definition) is 3. The molecule has 0 aromatic heterocycles. The van der Waals surface area contributed by atoms with Crippen LogP contribution in [0, 0.1) is 15.9 Å². The largest absolute Gasteiger partial charge is 0.348 e. The van der Waals surface area contributed by atoms with Gasteiger partial charge >= 0.3 is 5.69 Å². The molecule has 0 heterocycles.